The molecule has 29 heavy (non-hydrogen) atoms. The van der Waals surface area contributed by atoms with E-state index in [1.54, 1.807) is 31.2 Å². The maximum Gasteiger partial charge on any atom is 0.252 e. The van der Waals surface area contributed by atoms with Gasteiger partial charge in [-0.25, -0.2) is 4.98 Å². The lowest BCUT2D eigenvalue weighted by Crippen LogP contribution is -2.44. The predicted octanol–water partition coefficient (Wildman–Crippen LogP) is 3.19. The topological polar surface area (TPSA) is 89.3 Å². The van der Waals surface area contributed by atoms with E-state index in [1.165, 1.54) is 18.1 Å². The predicted molar refractivity (Wildman–Crippen MR) is 115 cm³/mol. The van der Waals surface area contributed by atoms with E-state index < -0.39 is 0 Å². The van der Waals surface area contributed by atoms with Crippen LogP contribution < -0.4 is 15.1 Å². The molecular weight excluding hydrogens is 410 g/mol. The van der Waals surface area contributed by atoms with E-state index in [-0.39, 0.29) is 11.8 Å². The van der Waals surface area contributed by atoms with Crippen LogP contribution in [-0.2, 0) is 4.79 Å². The number of pyridine rings is 1. The molecule has 0 aliphatic carbocycles. The average molecular weight is 428 g/mol. The minimum atomic E-state index is -0.282. The van der Waals surface area contributed by atoms with E-state index in [1.807, 2.05) is 11.0 Å². The van der Waals surface area contributed by atoms with Gasteiger partial charge in [0.05, 0.1) is 22.5 Å². The Labute approximate surface area is 178 Å². The summed E-state index contributed by atoms with van der Waals surface area (Å²) in [7, 11) is 1.54. The van der Waals surface area contributed by atoms with Gasteiger partial charge in [0.2, 0.25) is 5.91 Å². The standard InChI is InChI=1S/C20H18ClN5O2S/c1-12-8-14(11-24-17(12)10-22)26-18(27)4-3-7-25(20(26)29)13-5-6-15(16(21)9-13)19(28)23-2/h5-6,8-9,11H,3-4,7H2,1-2H3,(H,23,28). The number of benzene rings is 1. The molecule has 0 bridgehead atoms. The number of anilines is 2. The lowest BCUT2D eigenvalue weighted by Gasteiger charge is -2.30. The van der Waals surface area contributed by atoms with Crippen LogP contribution in [0.3, 0.4) is 0 Å². The summed E-state index contributed by atoms with van der Waals surface area (Å²) in [5.41, 5.74) is 2.52. The van der Waals surface area contributed by atoms with Gasteiger partial charge in [-0.2, -0.15) is 5.26 Å². The molecule has 1 aliphatic rings. The lowest BCUT2D eigenvalue weighted by molar-refractivity contribution is -0.117. The van der Waals surface area contributed by atoms with E-state index in [0.29, 0.717) is 57.7 Å². The van der Waals surface area contributed by atoms with Crippen molar-refractivity contribution in [2.75, 3.05) is 23.4 Å². The molecule has 3 rings (SSSR count). The molecule has 1 N–H and O–H groups in total. The Morgan fingerprint density at radius 1 is 1.34 bits per heavy atom. The maximum absolute atomic E-state index is 12.8. The summed E-state index contributed by atoms with van der Waals surface area (Å²) in [4.78, 5) is 32.0. The SMILES string of the molecule is CNC(=O)c1ccc(N2CCCC(=O)N(c3cnc(C#N)c(C)c3)C2=S)cc1Cl. The van der Waals surface area contributed by atoms with Crippen LogP contribution in [0.2, 0.25) is 5.02 Å². The Morgan fingerprint density at radius 3 is 2.72 bits per heavy atom. The molecule has 2 aromatic rings. The van der Waals surface area contributed by atoms with E-state index in [4.69, 9.17) is 29.1 Å². The Kier molecular flexibility index (Phi) is 6.11. The first-order valence-corrected chi connectivity index (χ1v) is 9.68. The largest absolute Gasteiger partial charge is 0.355 e. The summed E-state index contributed by atoms with van der Waals surface area (Å²) in [5, 5.41) is 12.2. The molecule has 1 aliphatic heterocycles. The Hall–Kier alpha value is -3.02. The smallest absolute Gasteiger partial charge is 0.252 e. The lowest BCUT2D eigenvalue weighted by atomic mass is 10.1. The van der Waals surface area contributed by atoms with Crippen molar-refractivity contribution in [2.24, 2.45) is 0 Å². The minimum absolute atomic E-state index is 0.142. The van der Waals surface area contributed by atoms with Gasteiger partial charge in [0.15, 0.2) is 5.11 Å². The van der Waals surface area contributed by atoms with Gasteiger partial charge >= 0.3 is 0 Å². The van der Waals surface area contributed by atoms with E-state index in [2.05, 4.69) is 10.3 Å². The third-order valence-electron chi connectivity index (χ3n) is 4.61. The zero-order chi connectivity index (χ0) is 21.1. The van der Waals surface area contributed by atoms with Crippen molar-refractivity contribution in [3.8, 4) is 6.07 Å². The molecule has 1 aromatic carbocycles. The molecule has 0 radical (unpaired) electrons. The first kappa shape index (κ1) is 20.7. The van der Waals surface area contributed by atoms with Crippen LogP contribution >= 0.6 is 23.8 Å². The van der Waals surface area contributed by atoms with Crippen LogP contribution in [0.5, 0.6) is 0 Å². The number of rotatable bonds is 3. The minimum Gasteiger partial charge on any atom is -0.355 e. The molecule has 1 fully saturated rings. The van der Waals surface area contributed by atoms with Crippen LogP contribution in [-0.4, -0.2) is 35.5 Å². The van der Waals surface area contributed by atoms with E-state index in [0.717, 1.165) is 0 Å². The number of aryl methyl sites for hydroxylation is 1. The van der Waals surface area contributed by atoms with Crippen molar-refractivity contribution in [1.82, 2.24) is 10.3 Å². The molecule has 2 heterocycles. The summed E-state index contributed by atoms with van der Waals surface area (Å²) in [6.45, 7) is 2.29. The number of carbonyl (C=O) groups excluding carboxylic acids is 2. The zero-order valence-corrected chi connectivity index (χ0v) is 17.5. The molecule has 148 valence electrons. The van der Waals surface area contributed by atoms with Crippen LogP contribution in [0.25, 0.3) is 0 Å². The van der Waals surface area contributed by atoms with E-state index >= 15 is 0 Å². The number of carbonyl (C=O) groups is 2. The second-order valence-electron chi connectivity index (χ2n) is 6.48. The number of hydrogen-bond acceptors (Lipinski definition) is 5. The van der Waals surface area contributed by atoms with Crippen LogP contribution in [0.1, 0.15) is 34.5 Å². The second-order valence-corrected chi connectivity index (χ2v) is 7.25. The van der Waals surface area contributed by atoms with Gasteiger partial charge in [-0.15, -0.1) is 0 Å². The fourth-order valence-corrected chi connectivity index (χ4v) is 3.77. The number of nitrogens with one attached hydrogen (secondary N) is 1. The molecule has 2 amide bonds. The molecule has 0 spiro atoms. The number of thiocarbonyl (C=S) groups is 1. The number of aromatic nitrogens is 1. The summed E-state index contributed by atoms with van der Waals surface area (Å²) < 4.78 is 0. The fraction of sp³-hybridized carbons (Fsp3) is 0.250. The average Bonchev–Trinajstić information content (AvgIpc) is 2.85. The summed E-state index contributed by atoms with van der Waals surface area (Å²) >= 11 is 11.9. The maximum atomic E-state index is 12.8. The van der Waals surface area contributed by atoms with Crippen LogP contribution in [0.4, 0.5) is 11.4 Å². The van der Waals surface area contributed by atoms with Crippen molar-refractivity contribution in [1.29, 1.82) is 5.26 Å². The monoisotopic (exact) mass is 427 g/mol. The van der Waals surface area contributed by atoms with Gasteiger partial charge in [0, 0.05) is 25.7 Å². The van der Waals surface area contributed by atoms with Gasteiger partial charge in [-0.3, -0.25) is 14.5 Å². The molecule has 9 heteroatoms. The second kappa shape index (κ2) is 8.55. The van der Waals surface area contributed by atoms with Crippen molar-refractivity contribution < 1.29 is 9.59 Å². The number of nitriles is 1. The highest BCUT2D eigenvalue weighted by molar-refractivity contribution is 7.81. The van der Waals surface area contributed by atoms with Crippen LogP contribution in [0.15, 0.2) is 30.5 Å². The van der Waals surface area contributed by atoms with Crippen molar-refractivity contribution in [3.05, 3.63) is 52.3 Å². The molecule has 1 aromatic heterocycles. The zero-order valence-electron chi connectivity index (χ0n) is 15.9. The highest BCUT2D eigenvalue weighted by Crippen LogP contribution is 2.29. The highest BCUT2D eigenvalue weighted by Gasteiger charge is 2.29. The normalized spacial score (nSPS) is 14.4. The van der Waals surface area contributed by atoms with Gasteiger partial charge in [-0.1, -0.05) is 11.6 Å². The summed E-state index contributed by atoms with van der Waals surface area (Å²) in [6, 6.07) is 8.78. The van der Waals surface area contributed by atoms with Gasteiger partial charge in [-0.05, 0) is 55.4 Å². The van der Waals surface area contributed by atoms with Crippen molar-refractivity contribution >= 4 is 52.1 Å². The number of amides is 2. The first-order valence-electron chi connectivity index (χ1n) is 8.90. The first-order chi connectivity index (χ1) is 13.9. The fourth-order valence-electron chi connectivity index (χ4n) is 3.11. The number of halogens is 1. The molecule has 7 nitrogen and oxygen atoms in total. The number of nitrogens with zero attached hydrogens (tertiary/aromatic N) is 4. The van der Waals surface area contributed by atoms with Crippen molar-refractivity contribution in [2.45, 2.75) is 19.8 Å². The molecule has 0 saturated carbocycles. The molecule has 0 unspecified atom stereocenters. The molecule has 1 saturated heterocycles. The third kappa shape index (κ3) is 4.06. The van der Waals surface area contributed by atoms with Crippen LogP contribution in [0, 0.1) is 18.3 Å². The Balaban J connectivity index is 1.99. The molecule has 0 atom stereocenters. The summed E-state index contributed by atoms with van der Waals surface area (Å²) in [5.74, 6) is -0.424. The van der Waals surface area contributed by atoms with Gasteiger partial charge < -0.3 is 10.2 Å². The quantitative estimate of drug-likeness (QED) is 0.756. The van der Waals surface area contributed by atoms with E-state index in [9.17, 15) is 9.59 Å². The van der Waals surface area contributed by atoms with Gasteiger partial charge in [0.25, 0.3) is 5.91 Å². The van der Waals surface area contributed by atoms with Crippen molar-refractivity contribution in [3.63, 3.8) is 0 Å². The number of hydrogen-bond donors (Lipinski definition) is 1. The van der Waals surface area contributed by atoms with Gasteiger partial charge in [0.1, 0.15) is 11.8 Å². The third-order valence-corrected chi connectivity index (χ3v) is 5.32. The summed E-state index contributed by atoms with van der Waals surface area (Å²) in [6.07, 6.45) is 2.40. The Morgan fingerprint density at radius 2 is 2.10 bits per heavy atom. The molecular formula is C20H18ClN5O2S. The highest BCUT2D eigenvalue weighted by atomic mass is 35.5. The Bertz CT molecular complexity index is 1050.